The van der Waals surface area contributed by atoms with Gasteiger partial charge in [0, 0.05) is 37.4 Å². The predicted octanol–water partition coefficient (Wildman–Crippen LogP) is -6.68. The molecule has 4 fully saturated rings. The molecule has 0 aromatic rings. The Morgan fingerprint density at radius 2 is 1.65 bits per heavy atom. The molecule has 16 nitrogen and oxygen atoms in total. The van der Waals surface area contributed by atoms with Gasteiger partial charge >= 0.3 is 0 Å². The topological polar surface area (TPSA) is 283 Å². The van der Waals surface area contributed by atoms with Gasteiger partial charge in [0.25, 0.3) is 5.91 Å². The van der Waals surface area contributed by atoms with Gasteiger partial charge in [0.15, 0.2) is 11.9 Å². The summed E-state index contributed by atoms with van der Waals surface area (Å²) in [4.78, 5) is 12.8. The molecule has 4 aliphatic rings. The Morgan fingerprint density at radius 3 is 2.25 bits per heavy atom. The van der Waals surface area contributed by atoms with Crippen molar-refractivity contribution < 1.29 is 59.9 Å². The molecule has 0 bridgehead atoms. The molecule has 0 aromatic carbocycles. The van der Waals surface area contributed by atoms with E-state index < -0.39 is 109 Å². The zero-order valence-electron chi connectivity index (χ0n) is 22.3. The highest BCUT2D eigenvalue weighted by Gasteiger charge is 2.60. The lowest BCUT2D eigenvalue weighted by molar-refractivity contribution is -0.306. The Balaban J connectivity index is 1.59. The van der Waals surface area contributed by atoms with Crippen LogP contribution in [0.1, 0.15) is 26.2 Å². The standard InChI is InChI=1S/C24H44N4O12/c1-2-27-6-12-16(32)18(34)19(35)21(38-12)15-8(25)3-9(28-23(36)24(37)5-14(24)26)20(17(15)33)40-22-11(31)4-10(30)13(7-29)39-22/h8-22,27,29-35,37H,2-7,25-26H2,1H3,(H,28,36)/t8-,9+,10-,11+,12+,13+,14?,15?,16+,17-,18-,19+,20-,21+,22+,24?/m0/s1. The first-order valence-corrected chi connectivity index (χ1v) is 13.7. The van der Waals surface area contributed by atoms with E-state index in [0.29, 0.717) is 6.54 Å². The number of carbonyl (C=O) groups is 1. The summed E-state index contributed by atoms with van der Waals surface area (Å²) >= 11 is 0. The van der Waals surface area contributed by atoms with Crippen molar-refractivity contribution in [3.8, 4) is 0 Å². The summed E-state index contributed by atoms with van der Waals surface area (Å²) in [6.07, 6.45) is -15.1. The van der Waals surface area contributed by atoms with E-state index in [1.807, 2.05) is 6.92 Å². The number of rotatable bonds is 9. The molecule has 232 valence electrons. The molecule has 16 heteroatoms. The average molecular weight is 581 g/mol. The van der Waals surface area contributed by atoms with Crippen molar-refractivity contribution in [2.75, 3.05) is 19.7 Å². The van der Waals surface area contributed by atoms with Gasteiger partial charge < -0.3 is 77.2 Å². The zero-order valence-corrected chi connectivity index (χ0v) is 22.3. The average Bonchev–Trinajstić information content (AvgIpc) is 3.53. The second-order valence-corrected chi connectivity index (χ2v) is 11.4. The van der Waals surface area contributed by atoms with Gasteiger partial charge in [0.2, 0.25) is 0 Å². The number of nitrogens with one attached hydrogen (secondary N) is 2. The molecular weight excluding hydrogens is 536 g/mol. The van der Waals surface area contributed by atoms with Gasteiger partial charge in [0.1, 0.15) is 36.6 Å². The Hall–Kier alpha value is -1.09. The molecule has 16 atom stereocenters. The molecule has 1 amide bonds. The van der Waals surface area contributed by atoms with Crippen LogP contribution in [0.3, 0.4) is 0 Å². The first kappa shape index (κ1) is 31.8. The van der Waals surface area contributed by atoms with E-state index in [0.717, 1.165) is 0 Å². The summed E-state index contributed by atoms with van der Waals surface area (Å²) in [5, 5.41) is 89.6. The first-order valence-electron chi connectivity index (χ1n) is 13.7. The monoisotopic (exact) mass is 580 g/mol. The molecule has 2 saturated heterocycles. The first-order chi connectivity index (χ1) is 18.8. The fourth-order valence-corrected chi connectivity index (χ4v) is 5.94. The van der Waals surface area contributed by atoms with Gasteiger partial charge in [-0.3, -0.25) is 4.79 Å². The highest BCUT2D eigenvalue weighted by atomic mass is 16.7. The highest BCUT2D eigenvalue weighted by molar-refractivity contribution is 5.89. The lowest BCUT2D eigenvalue weighted by Crippen LogP contribution is -2.70. The molecule has 14 N–H and O–H groups in total. The van der Waals surface area contributed by atoms with E-state index in [4.69, 9.17) is 25.7 Å². The van der Waals surface area contributed by atoms with Crippen molar-refractivity contribution in [2.45, 2.75) is 117 Å². The second-order valence-electron chi connectivity index (χ2n) is 11.4. The molecule has 3 unspecified atom stereocenters. The Kier molecular flexibility index (Phi) is 10.1. The number of hydrogen-bond donors (Lipinski definition) is 12. The van der Waals surface area contributed by atoms with Gasteiger partial charge in [-0.15, -0.1) is 0 Å². The van der Waals surface area contributed by atoms with E-state index >= 15 is 0 Å². The number of ether oxygens (including phenoxy) is 3. The molecule has 0 spiro atoms. The van der Waals surface area contributed by atoms with Crippen LogP contribution in [0.2, 0.25) is 0 Å². The van der Waals surface area contributed by atoms with Crippen molar-refractivity contribution in [3.05, 3.63) is 0 Å². The zero-order chi connectivity index (χ0) is 29.5. The number of amides is 1. The number of likely N-dealkylation sites (N-methyl/N-ethyl adjacent to an activating group) is 1. The van der Waals surface area contributed by atoms with Crippen molar-refractivity contribution >= 4 is 5.91 Å². The summed E-state index contributed by atoms with van der Waals surface area (Å²) in [7, 11) is 0. The number of nitrogens with two attached hydrogens (primary N) is 2. The molecule has 2 heterocycles. The van der Waals surface area contributed by atoms with E-state index in [1.54, 1.807) is 0 Å². The third-order valence-corrected chi connectivity index (χ3v) is 8.57. The van der Waals surface area contributed by atoms with Crippen LogP contribution in [0, 0.1) is 5.92 Å². The van der Waals surface area contributed by atoms with Gasteiger partial charge in [-0.25, -0.2) is 0 Å². The van der Waals surface area contributed by atoms with E-state index in [9.17, 15) is 45.6 Å². The SMILES string of the molecule is CCNC[C@H]1O[C@H](C2[C@@H](N)C[C@@H](NC(=O)C3(O)CC3N)[C@H](O[C@H]3O[C@H](CO)[C@@H](O)C[C@H]3O)[C@H]2O)[C@H](O)[C@@H](O)[C@@H]1O. The summed E-state index contributed by atoms with van der Waals surface area (Å²) in [5.74, 6) is -1.89. The van der Waals surface area contributed by atoms with Crippen molar-refractivity contribution in [3.63, 3.8) is 0 Å². The minimum atomic E-state index is -1.80. The van der Waals surface area contributed by atoms with Crippen LogP contribution in [0.5, 0.6) is 0 Å². The molecule has 2 saturated carbocycles. The van der Waals surface area contributed by atoms with Crippen LogP contribution < -0.4 is 22.1 Å². The summed E-state index contributed by atoms with van der Waals surface area (Å²) < 4.78 is 17.4. The van der Waals surface area contributed by atoms with Gasteiger partial charge in [-0.2, -0.15) is 0 Å². The van der Waals surface area contributed by atoms with Crippen LogP contribution in [-0.4, -0.2) is 158 Å². The van der Waals surface area contributed by atoms with Crippen LogP contribution in [-0.2, 0) is 19.0 Å². The summed E-state index contributed by atoms with van der Waals surface area (Å²) in [5.41, 5.74) is 10.3. The number of aliphatic hydroxyl groups is 8. The van der Waals surface area contributed by atoms with Crippen LogP contribution in [0.25, 0.3) is 0 Å². The molecule has 0 radical (unpaired) electrons. The molecular formula is C24H44N4O12. The third kappa shape index (κ3) is 6.16. The Labute approximate surface area is 231 Å². The predicted molar refractivity (Wildman–Crippen MR) is 134 cm³/mol. The van der Waals surface area contributed by atoms with Crippen molar-refractivity contribution in [1.82, 2.24) is 10.6 Å². The minimum absolute atomic E-state index is 0.0321. The summed E-state index contributed by atoms with van der Waals surface area (Å²) in [6, 6.07) is -2.74. The third-order valence-electron chi connectivity index (χ3n) is 8.57. The van der Waals surface area contributed by atoms with E-state index in [1.165, 1.54) is 0 Å². The number of carbonyl (C=O) groups excluding carboxylic acids is 1. The Morgan fingerprint density at radius 1 is 0.975 bits per heavy atom. The summed E-state index contributed by atoms with van der Waals surface area (Å²) in [6.45, 7) is 1.94. The number of aliphatic hydroxyl groups excluding tert-OH is 7. The van der Waals surface area contributed by atoms with Crippen LogP contribution in [0.4, 0.5) is 0 Å². The van der Waals surface area contributed by atoms with Gasteiger partial charge in [-0.05, 0) is 13.0 Å². The lowest BCUT2D eigenvalue weighted by Gasteiger charge is -2.51. The quantitative estimate of drug-likeness (QED) is 0.121. The highest BCUT2D eigenvalue weighted by Crippen LogP contribution is 2.39. The van der Waals surface area contributed by atoms with Crippen molar-refractivity contribution in [2.24, 2.45) is 17.4 Å². The van der Waals surface area contributed by atoms with Gasteiger partial charge in [0.05, 0.1) is 37.1 Å². The lowest BCUT2D eigenvalue weighted by atomic mass is 9.72. The van der Waals surface area contributed by atoms with Crippen LogP contribution in [0.15, 0.2) is 0 Å². The van der Waals surface area contributed by atoms with E-state index in [2.05, 4.69) is 10.6 Å². The fourth-order valence-electron chi connectivity index (χ4n) is 5.94. The maximum absolute atomic E-state index is 12.8. The maximum atomic E-state index is 12.8. The maximum Gasteiger partial charge on any atom is 0.253 e. The normalized spacial score (nSPS) is 51.3. The molecule has 2 aliphatic carbocycles. The van der Waals surface area contributed by atoms with E-state index in [-0.39, 0.29) is 25.8 Å². The largest absolute Gasteiger partial charge is 0.394 e. The fraction of sp³-hybridized carbons (Fsp3) is 0.958. The van der Waals surface area contributed by atoms with Gasteiger partial charge in [-0.1, -0.05) is 6.92 Å². The Bertz CT molecular complexity index is 876. The van der Waals surface area contributed by atoms with Crippen molar-refractivity contribution in [1.29, 1.82) is 0 Å². The molecule has 2 aliphatic heterocycles. The minimum Gasteiger partial charge on any atom is -0.394 e. The smallest absolute Gasteiger partial charge is 0.253 e. The molecule has 0 aromatic heterocycles. The van der Waals surface area contributed by atoms with Crippen LogP contribution >= 0.6 is 0 Å². The number of hydrogen-bond acceptors (Lipinski definition) is 15. The second kappa shape index (κ2) is 12.6. The molecule has 4 rings (SSSR count). The molecule has 40 heavy (non-hydrogen) atoms.